The first-order chi connectivity index (χ1) is 14.4. The number of fused-ring (bicyclic) bond motifs is 1. The molecule has 0 saturated carbocycles. The molecule has 0 aliphatic rings. The van der Waals surface area contributed by atoms with Gasteiger partial charge in [-0.25, -0.2) is 14.8 Å². The topological polar surface area (TPSA) is 108 Å². The lowest BCUT2D eigenvalue weighted by molar-refractivity contribution is -0.384. The number of nitrogens with zero attached hydrogens (tertiary/aromatic N) is 3. The number of benzene rings is 2. The molecule has 0 fully saturated rings. The van der Waals surface area contributed by atoms with Gasteiger partial charge in [-0.05, 0) is 30.2 Å². The van der Waals surface area contributed by atoms with Crippen LogP contribution in [0.3, 0.4) is 0 Å². The molecule has 4 aromatic rings. The molecule has 2 heterocycles. The first-order valence-corrected chi connectivity index (χ1v) is 9.24. The van der Waals surface area contributed by atoms with Crippen molar-refractivity contribution in [2.24, 2.45) is 0 Å². The molecular formula is C21H14ClN3O5. The van der Waals surface area contributed by atoms with E-state index >= 15 is 0 Å². The minimum absolute atomic E-state index is 0.0386. The fourth-order valence-electron chi connectivity index (χ4n) is 3.09. The van der Waals surface area contributed by atoms with Crippen LogP contribution in [0.25, 0.3) is 11.0 Å². The highest BCUT2D eigenvalue weighted by Gasteiger charge is 2.16. The molecule has 2 aromatic carbocycles. The fraction of sp³-hybridized carbons (Fsp3) is 0.0952. The fourth-order valence-corrected chi connectivity index (χ4v) is 3.30. The van der Waals surface area contributed by atoms with E-state index in [9.17, 15) is 14.9 Å². The van der Waals surface area contributed by atoms with Gasteiger partial charge in [0.25, 0.3) is 5.69 Å². The van der Waals surface area contributed by atoms with Crippen LogP contribution in [0.2, 0.25) is 5.02 Å². The molecule has 30 heavy (non-hydrogen) atoms. The molecule has 0 spiro atoms. The molecule has 2 aromatic heterocycles. The van der Waals surface area contributed by atoms with E-state index in [1.807, 2.05) is 0 Å². The smallest absolute Gasteiger partial charge is 0.340 e. The highest BCUT2D eigenvalue weighted by atomic mass is 35.5. The summed E-state index contributed by atoms with van der Waals surface area (Å²) in [5.41, 5.74) is 1.44. The van der Waals surface area contributed by atoms with E-state index in [0.29, 0.717) is 32.7 Å². The van der Waals surface area contributed by atoms with Gasteiger partial charge in [-0.3, -0.25) is 10.1 Å². The number of hydrogen-bond acceptors (Lipinski definition) is 7. The lowest BCUT2D eigenvalue weighted by atomic mass is 9.99. The second-order valence-electron chi connectivity index (χ2n) is 6.51. The molecule has 0 unspecified atom stereocenters. The summed E-state index contributed by atoms with van der Waals surface area (Å²) in [7, 11) is 0. The van der Waals surface area contributed by atoms with Crippen LogP contribution in [0.15, 0.2) is 64.1 Å². The molecule has 0 radical (unpaired) electrons. The zero-order chi connectivity index (χ0) is 21.3. The summed E-state index contributed by atoms with van der Waals surface area (Å²) in [5.74, 6) is 0.254. The Morgan fingerprint density at radius 2 is 1.93 bits per heavy atom. The molecule has 4 rings (SSSR count). The highest BCUT2D eigenvalue weighted by molar-refractivity contribution is 6.32. The largest absolute Gasteiger partial charge is 0.423 e. The third-order valence-corrected chi connectivity index (χ3v) is 4.88. The Hall–Kier alpha value is -3.78. The molecule has 0 saturated heterocycles. The number of aromatic nitrogens is 2. The van der Waals surface area contributed by atoms with E-state index in [2.05, 4.69) is 9.97 Å². The van der Waals surface area contributed by atoms with Gasteiger partial charge in [0, 0.05) is 48.0 Å². The Balaban J connectivity index is 1.75. The summed E-state index contributed by atoms with van der Waals surface area (Å²) in [6.07, 6.45) is 3.25. The molecule has 0 bridgehead atoms. The predicted octanol–water partition coefficient (Wildman–Crippen LogP) is 4.84. The second-order valence-corrected chi connectivity index (χ2v) is 6.92. The van der Waals surface area contributed by atoms with Crippen LogP contribution in [0.4, 0.5) is 5.69 Å². The van der Waals surface area contributed by atoms with E-state index < -0.39 is 10.5 Å². The average molecular weight is 424 g/mol. The van der Waals surface area contributed by atoms with Crippen LogP contribution in [0, 0.1) is 17.0 Å². The van der Waals surface area contributed by atoms with E-state index in [1.165, 1.54) is 30.6 Å². The first-order valence-electron chi connectivity index (χ1n) is 8.86. The van der Waals surface area contributed by atoms with Crippen molar-refractivity contribution in [2.75, 3.05) is 0 Å². The van der Waals surface area contributed by atoms with Gasteiger partial charge in [0.1, 0.15) is 5.58 Å². The van der Waals surface area contributed by atoms with Crippen LogP contribution in [0.1, 0.15) is 16.7 Å². The summed E-state index contributed by atoms with van der Waals surface area (Å²) < 4.78 is 11.1. The summed E-state index contributed by atoms with van der Waals surface area (Å²) in [4.78, 5) is 31.1. The second kappa shape index (κ2) is 7.92. The number of aryl methyl sites for hydroxylation is 1. The van der Waals surface area contributed by atoms with Gasteiger partial charge in [0.05, 0.1) is 9.95 Å². The summed E-state index contributed by atoms with van der Waals surface area (Å²) in [6, 6.07) is 11.1. The highest BCUT2D eigenvalue weighted by Crippen LogP contribution is 2.34. The SMILES string of the molecule is Cc1c(Cc2cccc([N+](=O)[O-])c2)c(=O)oc2cc(Oc3ncccn3)c(Cl)cc12. The first kappa shape index (κ1) is 19.5. The minimum atomic E-state index is -0.532. The monoisotopic (exact) mass is 423 g/mol. The molecule has 0 amide bonds. The Bertz CT molecular complexity index is 1320. The Kier molecular flexibility index (Phi) is 5.16. The van der Waals surface area contributed by atoms with Crippen LogP contribution in [-0.2, 0) is 6.42 Å². The Labute approximate surface area is 174 Å². The van der Waals surface area contributed by atoms with Crippen LogP contribution >= 0.6 is 11.6 Å². The number of ether oxygens (including phenoxy) is 1. The summed E-state index contributed by atoms with van der Waals surface area (Å²) in [5, 5.41) is 11.9. The van der Waals surface area contributed by atoms with Crippen molar-refractivity contribution in [1.82, 2.24) is 9.97 Å². The Morgan fingerprint density at radius 1 is 1.17 bits per heavy atom. The van der Waals surface area contributed by atoms with Gasteiger partial charge in [-0.1, -0.05) is 23.7 Å². The average Bonchev–Trinajstić information content (AvgIpc) is 2.73. The zero-order valence-electron chi connectivity index (χ0n) is 15.7. The predicted molar refractivity (Wildman–Crippen MR) is 110 cm³/mol. The van der Waals surface area contributed by atoms with Crippen LogP contribution in [0.5, 0.6) is 11.8 Å². The molecule has 0 aliphatic carbocycles. The van der Waals surface area contributed by atoms with Crippen molar-refractivity contribution in [3.63, 3.8) is 0 Å². The summed E-state index contributed by atoms with van der Waals surface area (Å²) >= 11 is 6.36. The van der Waals surface area contributed by atoms with Gasteiger partial charge in [-0.15, -0.1) is 0 Å². The number of non-ortho nitro benzene ring substituents is 1. The maximum atomic E-state index is 12.6. The Morgan fingerprint density at radius 3 is 2.67 bits per heavy atom. The quantitative estimate of drug-likeness (QED) is 0.257. The van der Waals surface area contributed by atoms with Crippen molar-refractivity contribution in [1.29, 1.82) is 0 Å². The number of halogens is 1. The molecule has 8 nitrogen and oxygen atoms in total. The van der Waals surface area contributed by atoms with Gasteiger partial charge in [0.2, 0.25) is 0 Å². The number of nitro benzene ring substituents is 1. The number of nitro groups is 1. The third-order valence-electron chi connectivity index (χ3n) is 4.59. The lowest BCUT2D eigenvalue weighted by Crippen LogP contribution is -2.11. The van der Waals surface area contributed by atoms with Crippen molar-refractivity contribution in [3.05, 3.63) is 97.1 Å². The molecule has 0 N–H and O–H groups in total. The van der Waals surface area contributed by atoms with E-state index in [4.69, 9.17) is 20.8 Å². The van der Waals surface area contributed by atoms with Crippen LogP contribution < -0.4 is 10.4 Å². The van der Waals surface area contributed by atoms with E-state index in [1.54, 1.807) is 31.2 Å². The van der Waals surface area contributed by atoms with Crippen LogP contribution in [-0.4, -0.2) is 14.9 Å². The van der Waals surface area contributed by atoms with Crippen molar-refractivity contribution >= 4 is 28.3 Å². The maximum Gasteiger partial charge on any atom is 0.340 e. The van der Waals surface area contributed by atoms with Gasteiger partial charge >= 0.3 is 11.6 Å². The molecule has 0 aliphatic heterocycles. The summed E-state index contributed by atoms with van der Waals surface area (Å²) in [6.45, 7) is 1.78. The maximum absolute atomic E-state index is 12.6. The minimum Gasteiger partial charge on any atom is -0.423 e. The lowest BCUT2D eigenvalue weighted by Gasteiger charge is -2.11. The molecule has 150 valence electrons. The number of rotatable bonds is 5. The van der Waals surface area contributed by atoms with Crippen molar-refractivity contribution < 1.29 is 14.1 Å². The van der Waals surface area contributed by atoms with E-state index in [0.717, 1.165) is 0 Å². The molecule has 9 heteroatoms. The molecular weight excluding hydrogens is 410 g/mol. The van der Waals surface area contributed by atoms with Crippen molar-refractivity contribution in [2.45, 2.75) is 13.3 Å². The van der Waals surface area contributed by atoms with Gasteiger partial charge in [0.15, 0.2) is 5.75 Å². The molecule has 0 atom stereocenters. The number of hydrogen-bond donors (Lipinski definition) is 0. The van der Waals surface area contributed by atoms with Crippen molar-refractivity contribution in [3.8, 4) is 11.8 Å². The standard InChI is InChI=1S/C21H14ClN3O5/c1-12-15-10-17(22)19(30-21-23-6-3-7-24-21)11-18(15)29-20(26)16(12)9-13-4-2-5-14(8-13)25(27)28/h2-8,10-11H,9H2,1H3. The van der Waals surface area contributed by atoms with Gasteiger partial charge < -0.3 is 9.15 Å². The van der Waals surface area contributed by atoms with E-state index in [-0.39, 0.29) is 23.9 Å². The zero-order valence-corrected chi connectivity index (χ0v) is 16.4. The third kappa shape index (κ3) is 3.85. The normalized spacial score (nSPS) is 10.9. The van der Waals surface area contributed by atoms with Gasteiger partial charge in [-0.2, -0.15) is 0 Å².